The van der Waals surface area contributed by atoms with Gasteiger partial charge in [-0.15, -0.1) is 0 Å². The van der Waals surface area contributed by atoms with Crippen LogP contribution in [0.1, 0.15) is 71.3 Å². The van der Waals surface area contributed by atoms with Crippen LogP contribution in [0.3, 0.4) is 0 Å². The highest BCUT2D eigenvalue weighted by atomic mass is 16.5. The molecule has 4 rings (SSSR count). The number of likely N-dealkylation sites (tertiary alicyclic amines) is 1. The lowest BCUT2D eigenvalue weighted by atomic mass is 9.62. The van der Waals surface area contributed by atoms with E-state index in [1.54, 1.807) is 4.90 Å². The van der Waals surface area contributed by atoms with Gasteiger partial charge in [-0.1, -0.05) is 63.4 Å². The fourth-order valence-corrected chi connectivity index (χ4v) is 6.81. The molecule has 8 heteroatoms. The molecule has 0 radical (unpaired) electrons. The normalized spacial score (nSPS) is 32.0. The zero-order valence-corrected chi connectivity index (χ0v) is 22.5. The van der Waals surface area contributed by atoms with Gasteiger partial charge < -0.3 is 25.4 Å². The number of rotatable bonds is 13. The van der Waals surface area contributed by atoms with Crippen LogP contribution >= 0.6 is 0 Å². The minimum Gasteiger partial charge on any atom is -0.396 e. The predicted octanol–water partition coefficient (Wildman–Crippen LogP) is 2.78. The number of amides is 3. The molecule has 3 heterocycles. The van der Waals surface area contributed by atoms with Gasteiger partial charge in [-0.3, -0.25) is 14.4 Å². The van der Waals surface area contributed by atoms with Crippen molar-refractivity contribution in [2.45, 2.75) is 89.5 Å². The van der Waals surface area contributed by atoms with E-state index in [2.05, 4.69) is 24.5 Å². The number of unbranched alkanes of at least 4 members (excludes halogenated alkanes) is 4. The molecule has 3 N–H and O–H groups in total. The van der Waals surface area contributed by atoms with Gasteiger partial charge in [0.1, 0.15) is 11.6 Å². The summed E-state index contributed by atoms with van der Waals surface area (Å²) in [6.45, 7) is 7.61. The minimum atomic E-state index is -0.999. The van der Waals surface area contributed by atoms with Gasteiger partial charge in [0.2, 0.25) is 17.7 Å². The van der Waals surface area contributed by atoms with E-state index < -0.39 is 29.1 Å². The number of carbonyl (C=O) groups is 3. The van der Waals surface area contributed by atoms with Gasteiger partial charge in [0.05, 0.1) is 17.4 Å². The molecule has 3 fully saturated rings. The van der Waals surface area contributed by atoms with Gasteiger partial charge in [0, 0.05) is 26.2 Å². The van der Waals surface area contributed by atoms with Crippen molar-refractivity contribution in [3.05, 3.63) is 35.9 Å². The van der Waals surface area contributed by atoms with Gasteiger partial charge >= 0.3 is 0 Å². The van der Waals surface area contributed by atoms with Crippen molar-refractivity contribution in [2.24, 2.45) is 17.8 Å². The largest absolute Gasteiger partial charge is 0.396 e. The molecule has 0 aromatic heterocycles. The summed E-state index contributed by atoms with van der Waals surface area (Å²) in [5.74, 6) is -1.82. The van der Waals surface area contributed by atoms with Crippen LogP contribution in [0.5, 0.6) is 0 Å². The second-order valence-corrected chi connectivity index (χ2v) is 11.2. The van der Waals surface area contributed by atoms with E-state index in [-0.39, 0.29) is 30.2 Å². The molecule has 0 saturated carbocycles. The van der Waals surface area contributed by atoms with Crippen LogP contribution < -0.4 is 10.6 Å². The summed E-state index contributed by atoms with van der Waals surface area (Å²) in [6.07, 6.45) is 5.61. The molecule has 8 nitrogen and oxygen atoms in total. The maximum atomic E-state index is 14.0. The number of ether oxygens (including phenoxy) is 1. The van der Waals surface area contributed by atoms with Crippen molar-refractivity contribution >= 4 is 17.7 Å². The number of carbonyl (C=O) groups excluding carboxylic acids is 3. The third kappa shape index (κ3) is 5.02. The van der Waals surface area contributed by atoms with Gasteiger partial charge in [0.25, 0.3) is 0 Å². The van der Waals surface area contributed by atoms with Crippen molar-refractivity contribution in [2.75, 3.05) is 19.7 Å². The van der Waals surface area contributed by atoms with E-state index in [0.717, 1.165) is 44.1 Å². The molecule has 204 valence electrons. The fraction of sp³-hybridized carbons (Fsp3) is 0.690. The summed E-state index contributed by atoms with van der Waals surface area (Å²) in [5.41, 5.74) is -0.819. The number of fused-ring (bicyclic) bond motifs is 1. The lowest BCUT2D eigenvalue weighted by molar-refractivity contribution is -0.147. The number of nitrogens with one attached hydrogen (secondary N) is 2. The van der Waals surface area contributed by atoms with Crippen molar-refractivity contribution in [1.29, 1.82) is 0 Å². The average molecular weight is 514 g/mol. The fourth-order valence-electron chi connectivity index (χ4n) is 6.81. The summed E-state index contributed by atoms with van der Waals surface area (Å²) in [4.78, 5) is 43.0. The zero-order chi connectivity index (χ0) is 26.6. The molecule has 3 aliphatic rings. The van der Waals surface area contributed by atoms with E-state index in [9.17, 15) is 14.4 Å². The molecule has 3 unspecified atom stereocenters. The van der Waals surface area contributed by atoms with Gasteiger partial charge in [0.15, 0.2) is 0 Å². The second-order valence-electron chi connectivity index (χ2n) is 11.2. The molecule has 1 aromatic rings. The summed E-state index contributed by atoms with van der Waals surface area (Å²) in [6, 6.07) is 8.97. The summed E-state index contributed by atoms with van der Waals surface area (Å²) in [5, 5.41) is 15.2. The van der Waals surface area contributed by atoms with Crippen molar-refractivity contribution < 1.29 is 24.2 Å². The van der Waals surface area contributed by atoms with Crippen LogP contribution in [0.15, 0.2) is 30.3 Å². The number of nitrogens with zero attached hydrogens (tertiary/aromatic N) is 1. The number of benzene rings is 1. The molecular weight excluding hydrogens is 470 g/mol. The summed E-state index contributed by atoms with van der Waals surface area (Å²) < 4.78 is 6.74. The maximum Gasteiger partial charge on any atom is 0.245 e. The highest BCUT2D eigenvalue weighted by Crippen LogP contribution is 2.65. The molecular formula is C29H43N3O5. The predicted molar refractivity (Wildman–Crippen MR) is 140 cm³/mol. The first kappa shape index (κ1) is 27.6. The third-order valence-corrected chi connectivity index (χ3v) is 8.79. The van der Waals surface area contributed by atoms with Crippen molar-refractivity contribution in [3.63, 3.8) is 0 Å². The molecule has 3 saturated heterocycles. The van der Waals surface area contributed by atoms with E-state index in [1.807, 2.05) is 37.3 Å². The number of aliphatic hydroxyl groups is 1. The Morgan fingerprint density at radius 1 is 1.08 bits per heavy atom. The lowest BCUT2D eigenvalue weighted by Crippen LogP contribution is -2.56. The Hall–Kier alpha value is -2.45. The minimum absolute atomic E-state index is 0.0273. The SMILES string of the molecule is CCCCNC(=O)C1N(CCCCCCO)C(=O)[C@@H]2[C@@H](C(=O)NCc3ccccc3)[C@]3(C)OC12CC3C. The van der Waals surface area contributed by atoms with Crippen LogP contribution in [0, 0.1) is 17.8 Å². The number of hydrogen-bond donors (Lipinski definition) is 3. The van der Waals surface area contributed by atoms with Crippen LogP contribution in [0.4, 0.5) is 0 Å². The molecule has 6 atom stereocenters. The molecule has 3 amide bonds. The summed E-state index contributed by atoms with van der Waals surface area (Å²) >= 11 is 0. The zero-order valence-electron chi connectivity index (χ0n) is 22.5. The summed E-state index contributed by atoms with van der Waals surface area (Å²) in [7, 11) is 0. The molecule has 37 heavy (non-hydrogen) atoms. The topological polar surface area (TPSA) is 108 Å². The Morgan fingerprint density at radius 3 is 2.51 bits per heavy atom. The van der Waals surface area contributed by atoms with E-state index >= 15 is 0 Å². The number of aliphatic hydroxyl groups excluding tert-OH is 1. The van der Waals surface area contributed by atoms with Gasteiger partial charge in [-0.25, -0.2) is 0 Å². The van der Waals surface area contributed by atoms with Crippen LogP contribution in [-0.4, -0.2) is 64.7 Å². The van der Waals surface area contributed by atoms with Crippen LogP contribution in [0.2, 0.25) is 0 Å². The van der Waals surface area contributed by atoms with Gasteiger partial charge in [-0.05, 0) is 44.1 Å². The Labute approximate surface area is 220 Å². The van der Waals surface area contributed by atoms with Crippen molar-refractivity contribution in [1.82, 2.24) is 15.5 Å². The van der Waals surface area contributed by atoms with E-state index in [1.165, 1.54) is 0 Å². The number of hydrogen-bond acceptors (Lipinski definition) is 5. The molecule has 3 aliphatic heterocycles. The lowest BCUT2D eigenvalue weighted by Gasteiger charge is -2.36. The molecule has 2 bridgehead atoms. The van der Waals surface area contributed by atoms with E-state index in [4.69, 9.17) is 9.84 Å². The third-order valence-electron chi connectivity index (χ3n) is 8.79. The first-order valence-electron chi connectivity index (χ1n) is 14.0. The Kier molecular flexibility index (Phi) is 8.59. The standard InChI is InChI=1S/C29H43N3O5/c1-4-5-15-30-26(35)24-29-18-20(2)28(3,37-29)22(25(34)31-19-21-13-9-8-10-14-21)23(29)27(36)32(24)16-11-6-7-12-17-33/h8-10,13-14,20,22-24,33H,4-7,11-12,15-19H2,1-3H3,(H,30,35)(H,31,34)/t20?,22-,23-,24?,28+,29?/m0/s1. The maximum absolute atomic E-state index is 14.0. The quantitative estimate of drug-likeness (QED) is 0.352. The Balaban J connectivity index is 1.60. The first-order valence-corrected chi connectivity index (χ1v) is 14.0. The molecule has 1 spiro atoms. The first-order chi connectivity index (χ1) is 17.8. The highest BCUT2D eigenvalue weighted by Gasteiger charge is 2.79. The Morgan fingerprint density at radius 2 is 1.81 bits per heavy atom. The van der Waals surface area contributed by atoms with Crippen LogP contribution in [0.25, 0.3) is 0 Å². The van der Waals surface area contributed by atoms with Crippen molar-refractivity contribution in [3.8, 4) is 0 Å². The smallest absolute Gasteiger partial charge is 0.245 e. The van der Waals surface area contributed by atoms with Gasteiger partial charge in [-0.2, -0.15) is 0 Å². The van der Waals surface area contributed by atoms with Crippen LogP contribution in [-0.2, 0) is 25.7 Å². The molecule has 0 aliphatic carbocycles. The van der Waals surface area contributed by atoms with E-state index in [0.29, 0.717) is 26.1 Å². The second kappa shape index (κ2) is 11.5. The average Bonchev–Trinajstić information content (AvgIpc) is 3.40. The Bertz CT molecular complexity index is 972. The molecule has 1 aromatic carbocycles. The monoisotopic (exact) mass is 513 g/mol. The highest BCUT2D eigenvalue weighted by molar-refractivity contribution is 5.99.